The van der Waals surface area contributed by atoms with Crippen molar-refractivity contribution in [2.24, 2.45) is 0 Å². The second kappa shape index (κ2) is 9.96. The van der Waals surface area contributed by atoms with E-state index < -0.39 is 0 Å². The third-order valence-electron chi connectivity index (χ3n) is 7.43. The number of para-hydroxylation sites is 2. The van der Waals surface area contributed by atoms with E-state index in [4.69, 9.17) is 0 Å². The molecule has 0 radical (unpaired) electrons. The number of fused-ring (bicyclic) bond motifs is 2. The van der Waals surface area contributed by atoms with Gasteiger partial charge in [-0.2, -0.15) is 0 Å². The zero-order chi connectivity index (χ0) is 26.0. The van der Waals surface area contributed by atoms with Crippen LogP contribution in [0.5, 0.6) is 0 Å². The summed E-state index contributed by atoms with van der Waals surface area (Å²) in [5.74, 6) is 0. The van der Waals surface area contributed by atoms with E-state index in [-0.39, 0.29) is 0 Å². The maximum absolute atomic E-state index is 2.35. The molecular formula is C38H27N. The molecule has 1 nitrogen and oxygen atoms in total. The summed E-state index contributed by atoms with van der Waals surface area (Å²) in [4.78, 5) is 2.35. The minimum atomic E-state index is 1.14. The van der Waals surface area contributed by atoms with E-state index in [0.29, 0.717) is 0 Å². The fraction of sp³-hybridized carbons (Fsp3) is 0. The molecule has 7 aromatic rings. The van der Waals surface area contributed by atoms with E-state index >= 15 is 0 Å². The quantitative estimate of drug-likeness (QED) is 0.229. The maximum Gasteiger partial charge on any atom is 0.0540 e. The molecule has 0 N–H and O–H groups in total. The monoisotopic (exact) mass is 497 g/mol. The highest BCUT2D eigenvalue weighted by atomic mass is 15.1. The maximum atomic E-state index is 2.35. The standard InChI is InChI=1S/C38H27N/c1-4-12-28(13-5-1)30-22-20-29-21-23-31(27-32(29)26-30)35-24-25-38(37-19-11-10-18-36(35)37)39(33-14-6-2-7-15-33)34-16-8-3-9-17-34/h1-27H. The van der Waals surface area contributed by atoms with Crippen molar-refractivity contribution in [3.05, 3.63) is 164 Å². The average molecular weight is 498 g/mol. The number of hydrogen-bond donors (Lipinski definition) is 0. The zero-order valence-corrected chi connectivity index (χ0v) is 21.5. The van der Waals surface area contributed by atoms with Gasteiger partial charge in [-0.05, 0) is 80.9 Å². The van der Waals surface area contributed by atoms with Gasteiger partial charge in [-0.3, -0.25) is 0 Å². The Bertz CT molecular complexity index is 1850. The van der Waals surface area contributed by atoms with Crippen LogP contribution in [0.25, 0.3) is 43.8 Å². The largest absolute Gasteiger partial charge is 0.310 e. The molecule has 184 valence electrons. The molecular weight excluding hydrogens is 470 g/mol. The Kier molecular flexibility index (Phi) is 5.88. The lowest BCUT2D eigenvalue weighted by molar-refractivity contribution is 1.30. The van der Waals surface area contributed by atoms with Gasteiger partial charge in [-0.1, -0.05) is 121 Å². The first-order chi connectivity index (χ1) is 19.3. The number of benzene rings is 7. The molecule has 0 aliphatic heterocycles. The molecule has 7 rings (SSSR count). The van der Waals surface area contributed by atoms with Gasteiger partial charge in [0.15, 0.2) is 0 Å². The SMILES string of the molecule is c1ccc(-c2ccc3ccc(-c4ccc(N(c5ccccc5)c5ccccc5)c5ccccc45)cc3c2)cc1. The first-order valence-electron chi connectivity index (χ1n) is 13.4. The van der Waals surface area contributed by atoms with E-state index in [2.05, 4.69) is 169 Å². The van der Waals surface area contributed by atoms with E-state index in [9.17, 15) is 0 Å². The highest BCUT2D eigenvalue weighted by molar-refractivity contribution is 6.07. The van der Waals surface area contributed by atoms with Gasteiger partial charge in [0, 0.05) is 16.8 Å². The lowest BCUT2D eigenvalue weighted by atomic mass is 9.93. The smallest absolute Gasteiger partial charge is 0.0540 e. The minimum Gasteiger partial charge on any atom is -0.310 e. The van der Waals surface area contributed by atoms with Crippen LogP contribution in [0.3, 0.4) is 0 Å². The van der Waals surface area contributed by atoms with Crippen LogP contribution >= 0.6 is 0 Å². The van der Waals surface area contributed by atoms with Crippen LogP contribution in [-0.4, -0.2) is 0 Å². The molecule has 0 aliphatic carbocycles. The number of rotatable bonds is 5. The highest BCUT2D eigenvalue weighted by Crippen LogP contribution is 2.42. The lowest BCUT2D eigenvalue weighted by Gasteiger charge is -2.27. The topological polar surface area (TPSA) is 3.24 Å². The predicted molar refractivity (Wildman–Crippen MR) is 167 cm³/mol. The Labute approximate surface area is 229 Å². The summed E-state index contributed by atoms with van der Waals surface area (Å²) >= 11 is 0. The summed E-state index contributed by atoms with van der Waals surface area (Å²) < 4.78 is 0. The van der Waals surface area contributed by atoms with Crippen molar-refractivity contribution >= 4 is 38.6 Å². The summed E-state index contributed by atoms with van der Waals surface area (Å²) in [6.45, 7) is 0. The second-order valence-electron chi connectivity index (χ2n) is 9.83. The van der Waals surface area contributed by atoms with Gasteiger partial charge in [0.25, 0.3) is 0 Å². The Morgan fingerprint density at radius 3 is 1.54 bits per heavy atom. The third kappa shape index (κ3) is 4.35. The van der Waals surface area contributed by atoms with Crippen molar-refractivity contribution in [2.45, 2.75) is 0 Å². The molecule has 0 aliphatic rings. The second-order valence-corrected chi connectivity index (χ2v) is 9.83. The van der Waals surface area contributed by atoms with Crippen LogP contribution < -0.4 is 4.90 Å². The van der Waals surface area contributed by atoms with Gasteiger partial charge in [0.05, 0.1) is 5.69 Å². The first kappa shape index (κ1) is 23.0. The summed E-state index contributed by atoms with van der Waals surface area (Å²) in [7, 11) is 0. The van der Waals surface area contributed by atoms with Gasteiger partial charge in [-0.25, -0.2) is 0 Å². The Balaban J connectivity index is 1.39. The lowest BCUT2D eigenvalue weighted by Crippen LogP contribution is -2.10. The highest BCUT2D eigenvalue weighted by Gasteiger charge is 2.17. The Morgan fingerprint density at radius 2 is 0.872 bits per heavy atom. The van der Waals surface area contributed by atoms with Gasteiger partial charge >= 0.3 is 0 Å². The molecule has 0 bridgehead atoms. The molecule has 0 aromatic heterocycles. The fourth-order valence-corrected chi connectivity index (χ4v) is 5.54. The van der Waals surface area contributed by atoms with E-state index in [1.165, 1.54) is 49.5 Å². The van der Waals surface area contributed by atoms with Crippen molar-refractivity contribution in [1.82, 2.24) is 0 Å². The van der Waals surface area contributed by atoms with Crippen molar-refractivity contribution in [3.8, 4) is 22.3 Å². The van der Waals surface area contributed by atoms with Crippen molar-refractivity contribution in [1.29, 1.82) is 0 Å². The van der Waals surface area contributed by atoms with Crippen LogP contribution in [0, 0.1) is 0 Å². The molecule has 0 heterocycles. The predicted octanol–water partition coefficient (Wildman–Crippen LogP) is 10.8. The molecule has 0 unspecified atom stereocenters. The normalized spacial score (nSPS) is 11.1. The molecule has 0 spiro atoms. The van der Waals surface area contributed by atoms with Crippen LogP contribution in [0.2, 0.25) is 0 Å². The fourth-order valence-electron chi connectivity index (χ4n) is 5.54. The van der Waals surface area contributed by atoms with Gasteiger partial charge in [0.1, 0.15) is 0 Å². The molecule has 0 saturated carbocycles. The Morgan fingerprint density at radius 1 is 0.333 bits per heavy atom. The van der Waals surface area contributed by atoms with Crippen LogP contribution in [0.4, 0.5) is 17.1 Å². The average Bonchev–Trinajstić information content (AvgIpc) is 3.02. The number of hydrogen-bond acceptors (Lipinski definition) is 1. The molecule has 7 aromatic carbocycles. The van der Waals surface area contributed by atoms with E-state index in [0.717, 1.165) is 11.4 Å². The molecule has 0 amide bonds. The number of anilines is 3. The van der Waals surface area contributed by atoms with Crippen molar-refractivity contribution in [3.63, 3.8) is 0 Å². The van der Waals surface area contributed by atoms with E-state index in [1.54, 1.807) is 0 Å². The summed E-state index contributed by atoms with van der Waals surface area (Å²) in [6, 6.07) is 58.6. The third-order valence-corrected chi connectivity index (χ3v) is 7.43. The van der Waals surface area contributed by atoms with Gasteiger partial charge < -0.3 is 4.90 Å². The summed E-state index contributed by atoms with van der Waals surface area (Å²) in [5, 5.41) is 4.96. The van der Waals surface area contributed by atoms with Crippen LogP contribution in [0.1, 0.15) is 0 Å². The molecule has 0 fully saturated rings. The summed E-state index contributed by atoms with van der Waals surface area (Å²) in [5.41, 5.74) is 8.38. The molecule has 0 atom stereocenters. The molecule has 1 heteroatoms. The molecule has 0 saturated heterocycles. The van der Waals surface area contributed by atoms with Crippen LogP contribution in [0.15, 0.2) is 164 Å². The number of nitrogens with zero attached hydrogens (tertiary/aromatic N) is 1. The Hall–Kier alpha value is -5.14. The van der Waals surface area contributed by atoms with Crippen LogP contribution in [-0.2, 0) is 0 Å². The zero-order valence-electron chi connectivity index (χ0n) is 21.5. The molecule has 39 heavy (non-hydrogen) atoms. The summed E-state index contributed by atoms with van der Waals surface area (Å²) in [6.07, 6.45) is 0. The van der Waals surface area contributed by atoms with Gasteiger partial charge in [0.2, 0.25) is 0 Å². The van der Waals surface area contributed by atoms with E-state index in [1.807, 2.05) is 0 Å². The van der Waals surface area contributed by atoms with Crippen molar-refractivity contribution < 1.29 is 0 Å². The first-order valence-corrected chi connectivity index (χ1v) is 13.4. The minimum absolute atomic E-state index is 1.14. The van der Waals surface area contributed by atoms with Crippen molar-refractivity contribution in [2.75, 3.05) is 4.90 Å². The van der Waals surface area contributed by atoms with Gasteiger partial charge in [-0.15, -0.1) is 0 Å².